The molecule has 0 aliphatic heterocycles. The average Bonchev–Trinajstić information content (AvgIpc) is 2.39. The molecule has 6 nitrogen and oxygen atoms in total. The highest BCUT2D eigenvalue weighted by molar-refractivity contribution is 7.90. The van der Waals surface area contributed by atoms with Crippen LogP contribution in [0.3, 0.4) is 0 Å². The molecule has 2 heterocycles. The van der Waals surface area contributed by atoms with Gasteiger partial charge >= 0.3 is 0 Å². The number of ether oxygens (including phenoxy) is 1. The van der Waals surface area contributed by atoms with E-state index in [1.54, 1.807) is 19.2 Å². The van der Waals surface area contributed by atoms with E-state index in [-0.39, 0.29) is 29.4 Å². The summed E-state index contributed by atoms with van der Waals surface area (Å²) >= 11 is 0. The molecule has 0 amide bonds. The summed E-state index contributed by atoms with van der Waals surface area (Å²) in [6, 6.07) is 4.80. The molecule has 21 heavy (non-hydrogen) atoms. The summed E-state index contributed by atoms with van der Waals surface area (Å²) in [5.41, 5.74) is 1.37. The Morgan fingerprint density at radius 2 is 2.10 bits per heavy atom. The molecule has 0 saturated carbocycles. The third kappa shape index (κ3) is 4.12. The van der Waals surface area contributed by atoms with E-state index in [1.807, 2.05) is 13.0 Å². The number of aryl methyl sites for hydroxylation is 1. The van der Waals surface area contributed by atoms with Gasteiger partial charge in [0.15, 0.2) is 9.84 Å². The molecule has 2 aromatic heterocycles. The van der Waals surface area contributed by atoms with Gasteiger partial charge in [-0.05, 0) is 25.5 Å². The highest BCUT2D eigenvalue weighted by Crippen LogP contribution is 2.06. The van der Waals surface area contributed by atoms with Crippen LogP contribution >= 0.6 is 0 Å². The monoisotopic (exact) mass is 310 g/mol. The maximum atomic E-state index is 12.0. The molecule has 0 unspecified atom stereocenters. The first-order valence-electron chi connectivity index (χ1n) is 6.68. The molecule has 114 valence electrons. The molecule has 0 aliphatic carbocycles. The first-order chi connectivity index (χ1) is 9.91. The number of hydrogen-bond donors (Lipinski definition) is 0. The molecule has 0 radical (unpaired) electrons. The predicted molar refractivity (Wildman–Crippen MR) is 80.2 cm³/mol. The first kappa shape index (κ1) is 15.7. The lowest BCUT2D eigenvalue weighted by atomic mass is 10.3. The normalized spacial score (nSPS) is 11.9. The largest absolute Gasteiger partial charge is 0.381 e. The Morgan fingerprint density at radius 3 is 2.81 bits per heavy atom. The van der Waals surface area contributed by atoms with E-state index in [1.165, 1.54) is 10.5 Å². The van der Waals surface area contributed by atoms with E-state index in [0.29, 0.717) is 12.3 Å². The Kier molecular flexibility index (Phi) is 4.74. The van der Waals surface area contributed by atoms with Gasteiger partial charge in [0.1, 0.15) is 5.65 Å². The number of pyridine rings is 1. The topological polar surface area (TPSA) is 77.7 Å². The van der Waals surface area contributed by atoms with Gasteiger partial charge in [-0.1, -0.05) is 6.07 Å². The van der Waals surface area contributed by atoms with E-state index in [9.17, 15) is 13.2 Å². The van der Waals surface area contributed by atoms with Crippen LogP contribution < -0.4 is 5.56 Å². The average molecular weight is 310 g/mol. The van der Waals surface area contributed by atoms with Crippen molar-refractivity contribution >= 4 is 15.5 Å². The van der Waals surface area contributed by atoms with Crippen LogP contribution in [-0.2, 0) is 20.3 Å². The molecule has 0 aliphatic rings. The van der Waals surface area contributed by atoms with Crippen LogP contribution in [0.2, 0.25) is 0 Å². The van der Waals surface area contributed by atoms with Crippen molar-refractivity contribution in [2.75, 3.05) is 19.0 Å². The van der Waals surface area contributed by atoms with Gasteiger partial charge in [0.25, 0.3) is 5.56 Å². The van der Waals surface area contributed by atoms with E-state index in [4.69, 9.17) is 4.74 Å². The Balaban J connectivity index is 2.27. The molecule has 2 rings (SSSR count). The standard InChI is InChI=1S/C14H18N2O4S/c1-3-20-6-7-21(18,19)10-12-8-14(17)16-9-11(2)4-5-13(16)15-12/h4-5,8-9H,3,6-7,10H2,1-2H3. The predicted octanol–water partition coefficient (Wildman–Crippen LogP) is 0.954. The SMILES string of the molecule is CCOCCS(=O)(=O)Cc1cc(=O)n2cc(C)ccc2n1. The van der Waals surface area contributed by atoms with Crippen molar-refractivity contribution in [3.8, 4) is 0 Å². The van der Waals surface area contributed by atoms with Crippen molar-refractivity contribution in [3.05, 3.63) is 46.0 Å². The highest BCUT2D eigenvalue weighted by Gasteiger charge is 2.14. The molecule has 0 N–H and O–H groups in total. The summed E-state index contributed by atoms with van der Waals surface area (Å²) < 4.78 is 30.4. The number of nitrogens with zero attached hydrogens (tertiary/aromatic N) is 2. The van der Waals surface area contributed by atoms with Crippen molar-refractivity contribution in [2.24, 2.45) is 0 Å². The van der Waals surface area contributed by atoms with E-state index in [0.717, 1.165) is 5.56 Å². The third-order valence-corrected chi connectivity index (χ3v) is 4.50. The zero-order valence-corrected chi connectivity index (χ0v) is 12.9. The maximum Gasteiger partial charge on any atom is 0.258 e. The highest BCUT2D eigenvalue weighted by atomic mass is 32.2. The van der Waals surface area contributed by atoms with Crippen molar-refractivity contribution in [1.82, 2.24) is 9.38 Å². The molecular formula is C14H18N2O4S. The number of rotatable bonds is 6. The summed E-state index contributed by atoms with van der Waals surface area (Å²) in [7, 11) is -3.34. The molecular weight excluding hydrogens is 292 g/mol. The third-order valence-electron chi connectivity index (χ3n) is 2.97. The maximum absolute atomic E-state index is 12.0. The summed E-state index contributed by atoms with van der Waals surface area (Å²) in [6.07, 6.45) is 1.68. The molecule has 0 aromatic carbocycles. The smallest absolute Gasteiger partial charge is 0.258 e. The Morgan fingerprint density at radius 1 is 1.33 bits per heavy atom. The van der Waals surface area contributed by atoms with Gasteiger partial charge in [0, 0.05) is 18.9 Å². The zero-order valence-electron chi connectivity index (χ0n) is 12.1. The summed E-state index contributed by atoms with van der Waals surface area (Å²) in [4.78, 5) is 16.2. The summed E-state index contributed by atoms with van der Waals surface area (Å²) in [5.74, 6) is -0.324. The fourth-order valence-electron chi connectivity index (χ4n) is 1.96. The minimum absolute atomic E-state index is 0.0736. The molecule has 0 saturated heterocycles. The van der Waals surface area contributed by atoms with Gasteiger partial charge in [-0.25, -0.2) is 13.4 Å². The van der Waals surface area contributed by atoms with Gasteiger partial charge < -0.3 is 4.74 Å². The minimum atomic E-state index is -3.34. The van der Waals surface area contributed by atoms with Crippen LogP contribution in [0, 0.1) is 6.92 Å². The fraction of sp³-hybridized carbons (Fsp3) is 0.429. The zero-order chi connectivity index (χ0) is 15.5. The van der Waals surface area contributed by atoms with Gasteiger partial charge in [-0.2, -0.15) is 0 Å². The second-order valence-corrected chi connectivity index (χ2v) is 6.99. The number of hydrogen-bond acceptors (Lipinski definition) is 5. The van der Waals surface area contributed by atoms with E-state index < -0.39 is 9.84 Å². The molecule has 2 aromatic rings. The van der Waals surface area contributed by atoms with Crippen molar-refractivity contribution in [1.29, 1.82) is 0 Å². The van der Waals surface area contributed by atoms with Crippen molar-refractivity contribution in [3.63, 3.8) is 0 Å². The Bertz CT molecular complexity index is 796. The Labute approximate surface area is 123 Å². The van der Waals surface area contributed by atoms with Gasteiger partial charge in [0.2, 0.25) is 0 Å². The number of sulfone groups is 1. The first-order valence-corrected chi connectivity index (χ1v) is 8.50. The molecule has 0 spiro atoms. The van der Waals surface area contributed by atoms with Crippen LogP contribution in [0.15, 0.2) is 29.2 Å². The van der Waals surface area contributed by atoms with Crippen LogP contribution in [0.4, 0.5) is 0 Å². The summed E-state index contributed by atoms with van der Waals surface area (Å²) in [6.45, 7) is 4.31. The van der Waals surface area contributed by atoms with Crippen LogP contribution in [0.1, 0.15) is 18.2 Å². The van der Waals surface area contributed by atoms with Crippen molar-refractivity contribution < 1.29 is 13.2 Å². The van der Waals surface area contributed by atoms with E-state index >= 15 is 0 Å². The van der Waals surface area contributed by atoms with Crippen LogP contribution in [0.5, 0.6) is 0 Å². The summed E-state index contributed by atoms with van der Waals surface area (Å²) in [5, 5.41) is 0. The second kappa shape index (κ2) is 6.36. The second-order valence-electron chi connectivity index (χ2n) is 4.81. The lowest BCUT2D eigenvalue weighted by Gasteiger charge is -2.06. The van der Waals surface area contributed by atoms with Crippen molar-refractivity contribution in [2.45, 2.75) is 19.6 Å². The van der Waals surface area contributed by atoms with Gasteiger partial charge in [0.05, 0.1) is 23.8 Å². The van der Waals surface area contributed by atoms with E-state index in [2.05, 4.69) is 4.98 Å². The molecule has 0 bridgehead atoms. The number of aromatic nitrogens is 2. The lowest BCUT2D eigenvalue weighted by Crippen LogP contribution is -2.19. The van der Waals surface area contributed by atoms with Crippen LogP contribution in [-0.4, -0.2) is 36.8 Å². The Hall–Kier alpha value is -1.73. The molecule has 0 atom stereocenters. The quantitative estimate of drug-likeness (QED) is 0.743. The molecule has 7 heteroatoms. The minimum Gasteiger partial charge on any atom is -0.381 e. The van der Waals surface area contributed by atoms with Crippen LogP contribution in [0.25, 0.3) is 5.65 Å². The van der Waals surface area contributed by atoms with Gasteiger partial charge in [-0.15, -0.1) is 0 Å². The molecule has 0 fully saturated rings. The fourth-order valence-corrected chi connectivity index (χ4v) is 3.07. The number of fused-ring (bicyclic) bond motifs is 1. The lowest BCUT2D eigenvalue weighted by molar-refractivity contribution is 0.163. The van der Waals surface area contributed by atoms with Gasteiger partial charge in [-0.3, -0.25) is 9.20 Å².